The summed E-state index contributed by atoms with van der Waals surface area (Å²) in [5.41, 5.74) is 13.0. The summed E-state index contributed by atoms with van der Waals surface area (Å²) in [6.07, 6.45) is 0. The molecule has 0 saturated carbocycles. The number of nitro groups is 1. The Morgan fingerprint density at radius 2 is 1.96 bits per heavy atom. The zero-order chi connectivity index (χ0) is 16.7. The molecule has 1 aromatic heterocycles. The standard InChI is InChI=1S/C14H14N6O3/c1-7-11-10(12(15)18-14(16)17-11)6-19(7)13(21)8-2-4-9(5-3-8)20(22)23/h2-5,7H,6H2,1H3,(H4,15,16,17,18). The second-order valence-corrected chi connectivity index (χ2v) is 5.24. The number of benzene rings is 1. The molecule has 0 aliphatic carbocycles. The molecule has 0 radical (unpaired) electrons. The van der Waals surface area contributed by atoms with E-state index in [0.717, 1.165) is 0 Å². The summed E-state index contributed by atoms with van der Waals surface area (Å²) >= 11 is 0. The molecule has 3 rings (SSSR count). The monoisotopic (exact) mass is 314 g/mol. The van der Waals surface area contributed by atoms with Gasteiger partial charge in [0, 0.05) is 23.3 Å². The smallest absolute Gasteiger partial charge is 0.269 e. The molecule has 1 aromatic carbocycles. The fraction of sp³-hybridized carbons (Fsp3) is 0.214. The van der Waals surface area contributed by atoms with Gasteiger partial charge in [-0.2, -0.15) is 4.98 Å². The van der Waals surface area contributed by atoms with Crippen molar-refractivity contribution >= 4 is 23.4 Å². The van der Waals surface area contributed by atoms with Gasteiger partial charge in [-0.25, -0.2) is 4.98 Å². The number of aromatic nitrogens is 2. The Morgan fingerprint density at radius 1 is 1.30 bits per heavy atom. The number of rotatable bonds is 2. The zero-order valence-electron chi connectivity index (χ0n) is 12.3. The topological polar surface area (TPSA) is 141 Å². The predicted octanol–water partition coefficient (Wildman–Crippen LogP) is 1.27. The SMILES string of the molecule is CC1c2nc(N)nc(N)c2CN1C(=O)c1ccc([N+](=O)[O-])cc1. The molecule has 2 aromatic rings. The minimum absolute atomic E-state index is 0.0673. The molecule has 0 saturated heterocycles. The molecule has 1 amide bonds. The van der Waals surface area contributed by atoms with Crippen LogP contribution in [0.5, 0.6) is 0 Å². The van der Waals surface area contributed by atoms with E-state index in [9.17, 15) is 14.9 Å². The van der Waals surface area contributed by atoms with Crippen molar-refractivity contribution in [1.82, 2.24) is 14.9 Å². The van der Waals surface area contributed by atoms with E-state index >= 15 is 0 Å². The van der Waals surface area contributed by atoms with E-state index in [1.165, 1.54) is 24.3 Å². The lowest BCUT2D eigenvalue weighted by Gasteiger charge is -2.21. The normalized spacial score (nSPS) is 16.2. The highest BCUT2D eigenvalue weighted by Gasteiger charge is 2.34. The molecule has 23 heavy (non-hydrogen) atoms. The van der Waals surface area contributed by atoms with Crippen LogP contribution in [0.25, 0.3) is 0 Å². The Labute approximate surface area is 131 Å². The maximum atomic E-state index is 12.6. The molecule has 0 fully saturated rings. The molecular weight excluding hydrogens is 300 g/mol. The quantitative estimate of drug-likeness (QED) is 0.627. The van der Waals surface area contributed by atoms with Gasteiger partial charge in [0.25, 0.3) is 11.6 Å². The lowest BCUT2D eigenvalue weighted by atomic mass is 10.1. The fourth-order valence-corrected chi connectivity index (χ4v) is 2.64. The Kier molecular flexibility index (Phi) is 3.32. The summed E-state index contributed by atoms with van der Waals surface area (Å²) in [5.74, 6) is 0.0689. The highest BCUT2D eigenvalue weighted by molar-refractivity contribution is 5.95. The number of non-ortho nitro benzene ring substituents is 1. The number of hydrogen-bond donors (Lipinski definition) is 2. The third kappa shape index (κ3) is 2.41. The van der Waals surface area contributed by atoms with Gasteiger partial charge in [0.15, 0.2) is 0 Å². The average Bonchev–Trinajstić information content (AvgIpc) is 2.84. The summed E-state index contributed by atoms with van der Waals surface area (Å²) in [4.78, 5) is 32.5. The Balaban J connectivity index is 1.90. The van der Waals surface area contributed by atoms with E-state index in [2.05, 4.69) is 9.97 Å². The number of nitrogen functional groups attached to an aromatic ring is 2. The molecule has 0 bridgehead atoms. The lowest BCUT2D eigenvalue weighted by Crippen LogP contribution is -2.28. The second kappa shape index (κ2) is 5.20. The first-order valence-electron chi connectivity index (χ1n) is 6.85. The van der Waals surface area contributed by atoms with Gasteiger partial charge in [0.05, 0.1) is 23.2 Å². The highest BCUT2D eigenvalue weighted by atomic mass is 16.6. The van der Waals surface area contributed by atoms with Crippen molar-refractivity contribution in [3.8, 4) is 0 Å². The number of hydrogen-bond acceptors (Lipinski definition) is 7. The van der Waals surface area contributed by atoms with Crippen molar-refractivity contribution < 1.29 is 9.72 Å². The third-order valence-corrected chi connectivity index (χ3v) is 3.87. The third-order valence-electron chi connectivity index (χ3n) is 3.87. The van der Waals surface area contributed by atoms with E-state index in [1.807, 2.05) is 6.92 Å². The Hall–Kier alpha value is -3.23. The zero-order valence-corrected chi connectivity index (χ0v) is 12.3. The molecule has 1 unspecified atom stereocenters. The second-order valence-electron chi connectivity index (χ2n) is 5.24. The summed E-state index contributed by atoms with van der Waals surface area (Å²) in [6, 6.07) is 5.15. The fourth-order valence-electron chi connectivity index (χ4n) is 2.64. The van der Waals surface area contributed by atoms with Gasteiger partial charge in [-0.15, -0.1) is 0 Å². The van der Waals surface area contributed by atoms with E-state index in [0.29, 0.717) is 16.8 Å². The van der Waals surface area contributed by atoms with Crippen molar-refractivity contribution in [2.45, 2.75) is 19.5 Å². The van der Waals surface area contributed by atoms with Gasteiger partial charge < -0.3 is 16.4 Å². The van der Waals surface area contributed by atoms with Crippen LogP contribution in [0, 0.1) is 10.1 Å². The molecule has 1 atom stereocenters. The summed E-state index contributed by atoms with van der Waals surface area (Å²) in [5, 5.41) is 10.7. The molecule has 1 aliphatic rings. The van der Waals surface area contributed by atoms with E-state index in [1.54, 1.807) is 4.90 Å². The first kappa shape index (κ1) is 14.7. The maximum absolute atomic E-state index is 12.6. The lowest BCUT2D eigenvalue weighted by molar-refractivity contribution is -0.384. The van der Waals surface area contributed by atoms with Gasteiger partial charge in [0.2, 0.25) is 5.95 Å². The van der Waals surface area contributed by atoms with Gasteiger partial charge in [-0.3, -0.25) is 14.9 Å². The Bertz CT molecular complexity index is 805. The number of fused-ring (bicyclic) bond motifs is 1. The highest BCUT2D eigenvalue weighted by Crippen LogP contribution is 2.35. The summed E-state index contributed by atoms with van der Waals surface area (Å²) < 4.78 is 0. The van der Waals surface area contributed by atoms with Crippen LogP contribution in [0.4, 0.5) is 17.5 Å². The largest absolute Gasteiger partial charge is 0.383 e. The molecule has 118 valence electrons. The van der Waals surface area contributed by atoms with Crippen molar-refractivity contribution in [2.75, 3.05) is 11.5 Å². The minimum Gasteiger partial charge on any atom is -0.383 e. The van der Waals surface area contributed by atoms with Crippen LogP contribution in [-0.4, -0.2) is 25.7 Å². The van der Waals surface area contributed by atoms with Crippen LogP contribution >= 0.6 is 0 Å². The number of carbonyl (C=O) groups is 1. The van der Waals surface area contributed by atoms with Crippen LogP contribution in [0.2, 0.25) is 0 Å². The van der Waals surface area contributed by atoms with Crippen molar-refractivity contribution in [1.29, 1.82) is 0 Å². The number of amides is 1. The Morgan fingerprint density at radius 3 is 2.57 bits per heavy atom. The van der Waals surface area contributed by atoms with E-state index < -0.39 is 4.92 Å². The van der Waals surface area contributed by atoms with Crippen molar-refractivity contribution in [2.24, 2.45) is 0 Å². The van der Waals surface area contributed by atoms with E-state index in [-0.39, 0.29) is 35.9 Å². The van der Waals surface area contributed by atoms with Crippen molar-refractivity contribution in [3.63, 3.8) is 0 Å². The summed E-state index contributed by atoms with van der Waals surface area (Å²) in [6.45, 7) is 2.10. The average molecular weight is 314 g/mol. The first-order valence-corrected chi connectivity index (χ1v) is 6.85. The number of anilines is 2. The number of nitro benzene ring substituents is 1. The molecule has 9 heteroatoms. The van der Waals surface area contributed by atoms with Crippen LogP contribution in [0.3, 0.4) is 0 Å². The van der Waals surface area contributed by atoms with Crippen LogP contribution in [0.1, 0.15) is 34.6 Å². The molecule has 1 aliphatic heterocycles. The minimum atomic E-state index is -0.512. The van der Waals surface area contributed by atoms with Crippen LogP contribution in [-0.2, 0) is 6.54 Å². The number of nitrogens with zero attached hydrogens (tertiary/aromatic N) is 4. The molecular formula is C14H14N6O3. The molecule has 4 N–H and O–H groups in total. The molecule has 9 nitrogen and oxygen atoms in total. The number of nitrogens with two attached hydrogens (primary N) is 2. The van der Waals surface area contributed by atoms with E-state index in [4.69, 9.17) is 11.5 Å². The van der Waals surface area contributed by atoms with Crippen molar-refractivity contribution in [3.05, 3.63) is 51.2 Å². The maximum Gasteiger partial charge on any atom is 0.269 e. The van der Waals surface area contributed by atoms with Crippen LogP contribution < -0.4 is 11.5 Å². The predicted molar refractivity (Wildman–Crippen MR) is 82.2 cm³/mol. The van der Waals surface area contributed by atoms with Gasteiger partial charge in [0.1, 0.15) is 5.82 Å². The molecule has 0 spiro atoms. The molecule has 2 heterocycles. The number of carbonyl (C=O) groups excluding carboxylic acids is 1. The summed E-state index contributed by atoms with van der Waals surface area (Å²) in [7, 11) is 0. The van der Waals surface area contributed by atoms with Gasteiger partial charge >= 0.3 is 0 Å². The van der Waals surface area contributed by atoms with Gasteiger partial charge in [-0.1, -0.05) is 0 Å². The van der Waals surface area contributed by atoms with Gasteiger partial charge in [-0.05, 0) is 19.1 Å². The van der Waals surface area contributed by atoms with Crippen LogP contribution in [0.15, 0.2) is 24.3 Å². The first-order chi connectivity index (χ1) is 10.9.